The van der Waals surface area contributed by atoms with Crippen LogP contribution in [0.2, 0.25) is 0 Å². The minimum atomic E-state index is -0.478. The smallest absolute Gasteiger partial charge is 0.0701 e. The first-order valence-corrected chi connectivity index (χ1v) is 12.6. The Morgan fingerprint density at radius 2 is 1.16 bits per heavy atom. The lowest BCUT2D eigenvalue weighted by Gasteiger charge is -2.19. The summed E-state index contributed by atoms with van der Waals surface area (Å²) in [5.41, 5.74) is 0. The van der Waals surface area contributed by atoms with Crippen molar-refractivity contribution >= 4 is 65.6 Å². The van der Waals surface area contributed by atoms with Crippen LogP contribution in [0.25, 0.3) is 0 Å². The van der Waals surface area contributed by atoms with E-state index in [2.05, 4.69) is 79.9 Å². The molecule has 0 radical (unpaired) electrons. The maximum atomic E-state index is 2.38. The van der Waals surface area contributed by atoms with Gasteiger partial charge in [-0.2, -0.15) is 0 Å². The van der Waals surface area contributed by atoms with E-state index in [1.165, 1.54) is 33.5 Å². The predicted octanol–water partition coefficient (Wildman–Crippen LogP) is 7.26. The lowest BCUT2D eigenvalue weighted by molar-refractivity contribution is 1.57. The predicted molar refractivity (Wildman–Crippen MR) is 123 cm³/mol. The zero-order chi connectivity index (χ0) is 17.2. The van der Waals surface area contributed by atoms with E-state index in [-0.39, 0.29) is 0 Å². The van der Waals surface area contributed by atoms with Gasteiger partial charge in [0.05, 0.1) is 8.47 Å². The Bertz CT molecular complexity index is 814. The van der Waals surface area contributed by atoms with Gasteiger partial charge in [0.2, 0.25) is 0 Å². The van der Waals surface area contributed by atoms with Crippen molar-refractivity contribution in [2.24, 2.45) is 0 Å². The third-order valence-corrected chi connectivity index (χ3v) is 12.4. The van der Waals surface area contributed by atoms with Gasteiger partial charge >= 0.3 is 0 Å². The highest BCUT2D eigenvalue weighted by atomic mass is 32.2. The first kappa shape index (κ1) is 17.9. The van der Waals surface area contributed by atoms with Crippen LogP contribution < -0.4 is 10.6 Å². The Morgan fingerprint density at radius 3 is 1.68 bits per heavy atom. The second kappa shape index (κ2) is 8.02. The molecule has 0 saturated carbocycles. The van der Waals surface area contributed by atoms with Crippen molar-refractivity contribution in [3.05, 3.63) is 89.0 Å². The molecule has 2 aliphatic heterocycles. The summed E-state index contributed by atoms with van der Waals surface area (Å²) >= 11 is 7.73. The zero-order valence-corrected chi connectivity index (χ0v) is 18.1. The van der Waals surface area contributed by atoms with Crippen molar-refractivity contribution in [2.75, 3.05) is 0 Å². The summed E-state index contributed by atoms with van der Waals surface area (Å²) in [5.74, 6) is 0. The molecule has 0 spiro atoms. The molecule has 2 heterocycles. The molecule has 0 amide bonds. The quantitative estimate of drug-likeness (QED) is 0.483. The van der Waals surface area contributed by atoms with Crippen molar-refractivity contribution in [1.82, 2.24) is 0 Å². The van der Waals surface area contributed by atoms with Gasteiger partial charge in [-0.1, -0.05) is 108 Å². The maximum absolute atomic E-state index is 2.38. The van der Waals surface area contributed by atoms with Gasteiger partial charge in [-0.3, -0.25) is 0 Å². The number of hydrogen-bond acceptors (Lipinski definition) is 4. The molecule has 4 rings (SSSR count). The van der Waals surface area contributed by atoms with Crippen LogP contribution in [0.5, 0.6) is 0 Å². The highest BCUT2D eigenvalue weighted by Gasteiger charge is 2.28. The second-order valence-electron chi connectivity index (χ2n) is 5.57. The SMILES string of the molecule is CC1=C(C)SC(=C2SC=C(P(c3ccccc3)c3ccccc3)S2)S1. The Morgan fingerprint density at radius 1 is 0.640 bits per heavy atom. The standard InChI is InChI=1S/C20H17PS4/c1-14-15(2)24-20(23-14)19-22-13-18(25-19)21(16-9-5-3-6-10-16)17-11-7-4-8-12-17/h3-13H,1-2H3. The van der Waals surface area contributed by atoms with Gasteiger partial charge in [0, 0.05) is 4.65 Å². The summed E-state index contributed by atoms with van der Waals surface area (Å²) in [6.45, 7) is 4.44. The molecule has 0 N–H and O–H groups in total. The van der Waals surface area contributed by atoms with Crippen molar-refractivity contribution in [1.29, 1.82) is 0 Å². The topological polar surface area (TPSA) is 0 Å². The summed E-state index contributed by atoms with van der Waals surface area (Å²) in [7, 11) is -0.478. The number of allylic oxidation sites excluding steroid dienone is 2. The third-order valence-electron chi connectivity index (χ3n) is 3.87. The van der Waals surface area contributed by atoms with Crippen molar-refractivity contribution in [2.45, 2.75) is 13.8 Å². The highest BCUT2D eigenvalue weighted by Crippen LogP contribution is 2.63. The van der Waals surface area contributed by atoms with Crippen LogP contribution in [-0.4, -0.2) is 0 Å². The fourth-order valence-corrected chi connectivity index (χ4v) is 11.0. The van der Waals surface area contributed by atoms with E-state index in [4.69, 9.17) is 0 Å². The van der Waals surface area contributed by atoms with Gasteiger partial charge in [0.1, 0.15) is 0 Å². The van der Waals surface area contributed by atoms with Crippen molar-refractivity contribution in [3.8, 4) is 0 Å². The number of hydrogen-bond donors (Lipinski definition) is 0. The minimum absolute atomic E-state index is 0.478. The first-order valence-electron chi connectivity index (χ1n) is 7.95. The minimum Gasteiger partial charge on any atom is -0.0877 e. The number of thioether (sulfide) groups is 4. The van der Waals surface area contributed by atoms with E-state index in [9.17, 15) is 0 Å². The van der Waals surface area contributed by atoms with Crippen molar-refractivity contribution in [3.63, 3.8) is 0 Å². The van der Waals surface area contributed by atoms with Gasteiger partial charge in [0.25, 0.3) is 0 Å². The van der Waals surface area contributed by atoms with E-state index in [1.54, 1.807) is 0 Å². The summed E-state index contributed by atoms with van der Waals surface area (Å²) in [4.78, 5) is 2.88. The molecule has 25 heavy (non-hydrogen) atoms. The lowest BCUT2D eigenvalue weighted by Crippen LogP contribution is -2.11. The van der Waals surface area contributed by atoms with E-state index in [1.807, 2.05) is 47.0 Å². The molecule has 0 fully saturated rings. The fourth-order valence-electron chi connectivity index (χ4n) is 2.52. The average Bonchev–Trinajstić information content (AvgIpc) is 3.25. The molecule has 0 saturated heterocycles. The highest BCUT2D eigenvalue weighted by molar-refractivity contribution is 8.35. The van der Waals surface area contributed by atoms with E-state index in [0.717, 1.165) is 0 Å². The maximum Gasteiger partial charge on any atom is 0.0701 e. The van der Waals surface area contributed by atoms with Crippen LogP contribution in [0.15, 0.2) is 89.0 Å². The molecule has 0 unspecified atom stereocenters. The second-order valence-corrected chi connectivity index (χ2v) is 13.0. The molecule has 2 aliphatic rings. The van der Waals surface area contributed by atoms with Crippen molar-refractivity contribution < 1.29 is 0 Å². The van der Waals surface area contributed by atoms with E-state index < -0.39 is 7.92 Å². The molecule has 0 bridgehead atoms. The number of rotatable bonds is 3. The summed E-state index contributed by atoms with van der Waals surface area (Å²) in [5, 5.41) is 5.22. The molecule has 0 aliphatic carbocycles. The van der Waals surface area contributed by atoms with Crippen LogP contribution in [0, 0.1) is 0 Å². The molecule has 126 valence electrons. The molecule has 0 nitrogen and oxygen atoms in total. The molecule has 2 aromatic rings. The van der Waals surface area contributed by atoms with Gasteiger partial charge < -0.3 is 0 Å². The zero-order valence-electron chi connectivity index (χ0n) is 13.9. The van der Waals surface area contributed by atoms with E-state index in [0.29, 0.717) is 0 Å². The number of benzene rings is 2. The van der Waals surface area contributed by atoms with Crippen LogP contribution in [0.1, 0.15) is 13.8 Å². The summed E-state index contributed by atoms with van der Waals surface area (Å²) in [6.07, 6.45) is 0. The van der Waals surface area contributed by atoms with Gasteiger partial charge in [-0.05, 0) is 47.6 Å². The molecular formula is C20H17PS4. The summed E-state index contributed by atoms with van der Waals surface area (Å²) < 4.78 is 4.39. The Hall–Kier alpha value is -0.510. The monoisotopic (exact) mass is 416 g/mol. The van der Waals surface area contributed by atoms with Crippen LogP contribution in [-0.2, 0) is 0 Å². The fraction of sp³-hybridized carbons (Fsp3) is 0.100. The molecule has 0 aromatic heterocycles. The molecule has 5 heteroatoms. The van der Waals surface area contributed by atoms with Gasteiger partial charge in [-0.15, -0.1) is 0 Å². The molecule has 0 atom stereocenters. The normalized spacial score (nSPS) is 17.6. The Balaban J connectivity index is 1.65. The Labute approximate surface area is 167 Å². The lowest BCUT2D eigenvalue weighted by atomic mass is 10.4. The first-order chi connectivity index (χ1) is 12.2. The van der Waals surface area contributed by atoms with E-state index >= 15 is 0 Å². The third kappa shape index (κ3) is 3.94. The Kier molecular flexibility index (Phi) is 5.74. The van der Waals surface area contributed by atoms with Crippen LogP contribution >= 0.6 is 55.0 Å². The average molecular weight is 417 g/mol. The van der Waals surface area contributed by atoms with Gasteiger partial charge in [0.15, 0.2) is 0 Å². The van der Waals surface area contributed by atoms with Crippen LogP contribution in [0.3, 0.4) is 0 Å². The van der Waals surface area contributed by atoms with Crippen LogP contribution in [0.4, 0.5) is 0 Å². The largest absolute Gasteiger partial charge is 0.0877 e. The van der Waals surface area contributed by atoms with Gasteiger partial charge in [-0.25, -0.2) is 0 Å². The summed E-state index contributed by atoms with van der Waals surface area (Å²) in [6, 6.07) is 21.9. The molecule has 2 aromatic carbocycles. The molecular weight excluding hydrogens is 399 g/mol.